The molecule has 1 aliphatic carbocycles. The van der Waals surface area contributed by atoms with Gasteiger partial charge in [-0.3, -0.25) is 4.79 Å². The summed E-state index contributed by atoms with van der Waals surface area (Å²) >= 11 is 0. The van der Waals surface area contributed by atoms with Gasteiger partial charge in [-0.25, -0.2) is 8.42 Å². The van der Waals surface area contributed by atoms with Crippen LogP contribution in [-0.4, -0.2) is 60.7 Å². The molecule has 0 aromatic heterocycles. The van der Waals surface area contributed by atoms with Crippen molar-refractivity contribution in [1.82, 2.24) is 9.62 Å². The molecule has 1 atom stereocenters. The summed E-state index contributed by atoms with van der Waals surface area (Å²) in [6, 6.07) is 13.8. The van der Waals surface area contributed by atoms with Gasteiger partial charge in [0.1, 0.15) is 0 Å². The summed E-state index contributed by atoms with van der Waals surface area (Å²) in [5.41, 5.74) is 4.30. The fourth-order valence-corrected chi connectivity index (χ4v) is 6.85. The number of aliphatic hydroxyl groups is 1. The van der Waals surface area contributed by atoms with Gasteiger partial charge in [0.15, 0.2) is 0 Å². The van der Waals surface area contributed by atoms with Gasteiger partial charge in [0.2, 0.25) is 10.0 Å². The van der Waals surface area contributed by atoms with Gasteiger partial charge in [-0.2, -0.15) is 4.31 Å². The Bertz CT molecular complexity index is 1150. The minimum absolute atomic E-state index is 0.0101. The Hall–Kier alpha value is -2.26. The van der Waals surface area contributed by atoms with Gasteiger partial charge in [0, 0.05) is 32.1 Å². The van der Waals surface area contributed by atoms with Crippen molar-refractivity contribution in [3.05, 3.63) is 64.7 Å². The molecule has 0 saturated carbocycles. The number of benzene rings is 2. The quantitative estimate of drug-likeness (QED) is 0.343. The molecule has 0 aliphatic heterocycles. The lowest BCUT2D eigenvalue weighted by molar-refractivity contribution is -0.137. The molecule has 0 unspecified atom stereocenters. The molecule has 0 heterocycles. The maximum absolute atomic E-state index is 13.3. The Labute approximate surface area is 222 Å². The number of hydrogen-bond donors (Lipinski definition) is 3. The standard InChI is InChI=1S/C29H42N2O5S/c1-5-23-15-21(9-8-12-28(33)34)13-14-27(23)37(35,36)31(4)20-26(32)19-30-29(2,3)18-22-16-24-10-6-7-11-25(24)17-22/h6-7,10-11,13-15,22,26,30,32H,5,8-9,12,16-20H2,1-4H3,(H,33,34)/t26-/m1/s1. The first-order valence-electron chi connectivity index (χ1n) is 13.2. The van der Waals surface area contributed by atoms with E-state index in [0.717, 1.165) is 24.8 Å². The lowest BCUT2D eigenvalue weighted by Gasteiger charge is -2.31. The predicted octanol–water partition coefficient (Wildman–Crippen LogP) is 3.81. The lowest BCUT2D eigenvalue weighted by atomic mass is 9.88. The Morgan fingerprint density at radius 2 is 1.81 bits per heavy atom. The van der Waals surface area contributed by atoms with Crippen LogP contribution in [0.3, 0.4) is 0 Å². The smallest absolute Gasteiger partial charge is 0.303 e. The first-order chi connectivity index (χ1) is 17.4. The van der Waals surface area contributed by atoms with Gasteiger partial charge >= 0.3 is 5.97 Å². The molecule has 0 saturated heterocycles. The molecule has 0 fully saturated rings. The second-order valence-corrected chi connectivity index (χ2v) is 13.0. The molecular formula is C29H42N2O5S. The number of aliphatic carboxylic acids is 1. The van der Waals surface area contributed by atoms with E-state index in [1.54, 1.807) is 12.1 Å². The molecule has 1 aliphatic rings. The van der Waals surface area contributed by atoms with Crippen LogP contribution in [0.25, 0.3) is 0 Å². The summed E-state index contributed by atoms with van der Waals surface area (Å²) in [6.07, 6.45) is 3.99. The van der Waals surface area contributed by atoms with Crippen molar-refractivity contribution in [1.29, 1.82) is 0 Å². The average Bonchev–Trinajstić information content (AvgIpc) is 3.23. The number of rotatable bonds is 14. The number of aryl methyl sites for hydroxylation is 2. The molecule has 8 heteroatoms. The molecule has 2 aromatic carbocycles. The number of aliphatic hydroxyl groups excluding tert-OH is 1. The molecule has 0 bridgehead atoms. The maximum Gasteiger partial charge on any atom is 0.303 e. The number of carbonyl (C=O) groups is 1. The third-order valence-corrected chi connectivity index (χ3v) is 9.19. The van der Waals surface area contributed by atoms with E-state index in [1.165, 1.54) is 22.5 Å². The highest BCUT2D eigenvalue weighted by molar-refractivity contribution is 7.89. The van der Waals surface area contributed by atoms with Crippen LogP contribution in [0.15, 0.2) is 47.4 Å². The molecule has 0 amide bonds. The van der Waals surface area contributed by atoms with Crippen molar-refractivity contribution in [3.8, 4) is 0 Å². The van der Waals surface area contributed by atoms with Gasteiger partial charge in [-0.15, -0.1) is 0 Å². The fourth-order valence-electron chi connectivity index (χ4n) is 5.37. The topological polar surface area (TPSA) is 107 Å². The van der Waals surface area contributed by atoms with Crippen LogP contribution >= 0.6 is 0 Å². The third kappa shape index (κ3) is 8.11. The summed E-state index contributed by atoms with van der Waals surface area (Å²) in [5, 5.41) is 23.0. The summed E-state index contributed by atoms with van der Waals surface area (Å²) in [7, 11) is -2.28. The van der Waals surface area contributed by atoms with Crippen molar-refractivity contribution in [3.63, 3.8) is 0 Å². The van der Waals surface area contributed by atoms with Crippen LogP contribution in [0.4, 0.5) is 0 Å². The lowest BCUT2D eigenvalue weighted by Crippen LogP contribution is -2.47. The third-order valence-electron chi connectivity index (χ3n) is 7.27. The summed E-state index contributed by atoms with van der Waals surface area (Å²) in [4.78, 5) is 11.0. The molecule has 2 aromatic rings. The normalized spacial score (nSPS) is 15.2. The molecule has 0 spiro atoms. The average molecular weight is 531 g/mol. The SMILES string of the molecule is CCc1cc(CCCC(=O)O)ccc1S(=O)(=O)N(C)C[C@H](O)CNC(C)(C)CC1Cc2ccccc2C1. The molecule has 3 rings (SSSR count). The second kappa shape index (κ2) is 12.5. The van der Waals surface area contributed by atoms with Crippen molar-refractivity contribution < 1.29 is 23.4 Å². The Kier molecular flexibility index (Phi) is 9.92. The number of fused-ring (bicyclic) bond motifs is 1. The summed E-state index contributed by atoms with van der Waals surface area (Å²) in [6.45, 7) is 6.46. The van der Waals surface area contributed by atoms with Crippen LogP contribution in [0, 0.1) is 5.92 Å². The van der Waals surface area contributed by atoms with Crippen LogP contribution < -0.4 is 5.32 Å². The predicted molar refractivity (Wildman–Crippen MR) is 146 cm³/mol. The Morgan fingerprint density at radius 1 is 1.16 bits per heavy atom. The van der Waals surface area contributed by atoms with Crippen molar-refractivity contribution in [2.24, 2.45) is 5.92 Å². The fraction of sp³-hybridized carbons (Fsp3) is 0.552. The minimum atomic E-state index is -3.78. The van der Waals surface area contributed by atoms with Crippen LogP contribution in [0.5, 0.6) is 0 Å². The zero-order chi connectivity index (χ0) is 27.2. The van der Waals surface area contributed by atoms with E-state index in [1.807, 2.05) is 13.0 Å². The maximum atomic E-state index is 13.3. The molecule has 7 nitrogen and oxygen atoms in total. The molecule has 204 valence electrons. The molecule has 3 N–H and O–H groups in total. The number of β-amino-alcohol motifs (C(OH)–C–C–N with tert-alkyl or cyclic N) is 1. The summed E-state index contributed by atoms with van der Waals surface area (Å²) < 4.78 is 27.9. The number of carboxylic acid groups (broad SMARTS) is 1. The van der Waals surface area contributed by atoms with Gasteiger partial charge in [0.25, 0.3) is 0 Å². The summed E-state index contributed by atoms with van der Waals surface area (Å²) in [5.74, 6) is -0.281. The van der Waals surface area contributed by atoms with Gasteiger partial charge in [-0.1, -0.05) is 43.3 Å². The van der Waals surface area contributed by atoms with Crippen molar-refractivity contribution in [2.45, 2.75) is 82.3 Å². The van der Waals surface area contributed by atoms with E-state index < -0.39 is 22.1 Å². The van der Waals surface area contributed by atoms with E-state index in [0.29, 0.717) is 37.3 Å². The Balaban J connectivity index is 1.54. The highest BCUT2D eigenvalue weighted by Crippen LogP contribution is 2.32. The number of likely N-dealkylation sites (N-methyl/N-ethyl adjacent to an activating group) is 1. The van der Waals surface area contributed by atoms with Crippen molar-refractivity contribution in [2.75, 3.05) is 20.1 Å². The highest BCUT2D eigenvalue weighted by atomic mass is 32.2. The monoisotopic (exact) mass is 530 g/mol. The van der Waals surface area contributed by atoms with Gasteiger partial charge in [-0.05, 0) is 86.6 Å². The first kappa shape index (κ1) is 29.3. The largest absolute Gasteiger partial charge is 0.481 e. The zero-order valence-corrected chi connectivity index (χ0v) is 23.4. The molecule has 37 heavy (non-hydrogen) atoms. The van der Waals surface area contributed by atoms with Crippen LogP contribution in [0.1, 0.15) is 62.3 Å². The van der Waals surface area contributed by atoms with E-state index >= 15 is 0 Å². The van der Waals surface area contributed by atoms with Gasteiger partial charge in [0.05, 0.1) is 11.0 Å². The zero-order valence-electron chi connectivity index (χ0n) is 22.5. The van der Waals surface area contributed by atoms with Gasteiger partial charge < -0.3 is 15.5 Å². The second-order valence-electron chi connectivity index (χ2n) is 11.0. The van der Waals surface area contributed by atoms with Crippen LogP contribution in [0.2, 0.25) is 0 Å². The Morgan fingerprint density at radius 3 is 2.41 bits per heavy atom. The number of carboxylic acids is 1. The molecular weight excluding hydrogens is 488 g/mol. The van der Waals surface area contributed by atoms with E-state index in [2.05, 4.69) is 43.4 Å². The van der Waals surface area contributed by atoms with E-state index in [-0.39, 0.29) is 23.4 Å². The van der Waals surface area contributed by atoms with Crippen molar-refractivity contribution >= 4 is 16.0 Å². The first-order valence-corrected chi connectivity index (χ1v) is 14.6. The highest BCUT2D eigenvalue weighted by Gasteiger charge is 2.30. The number of hydrogen-bond acceptors (Lipinski definition) is 5. The van der Waals surface area contributed by atoms with E-state index in [9.17, 15) is 18.3 Å². The molecule has 0 radical (unpaired) electrons. The number of nitrogens with zero attached hydrogens (tertiary/aromatic N) is 1. The minimum Gasteiger partial charge on any atom is -0.481 e. The van der Waals surface area contributed by atoms with E-state index in [4.69, 9.17) is 5.11 Å². The number of sulfonamides is 1. The number of nitrogens with one attached hydrogen (secondary N) is 1. The van der Waals surface area contributed by atoms with Crippen LogP contribution in [-0.2, 0) is 40.5 Å².